The quantitative estimate of drug-likeness (QED) is 0.357. The van der Waals surface area contributed by atoms with Gasteiger partial charge in [0.25, 0.3) is 11.3 Å². The van der Waals surface area contributed by atoms with Crippen LogP contribution in [0.1, 0.15) is 10.4 Å². The number of aryl methyl sites for hydroxylation is 1. The summed E-state index contributed by atoms with van der Waals surface area (Å²) in [6, 6.07) is 10.6. The molecule has 4 aromatic rings. The van der Waals surface area contributed by atoms with E-state index in [4.69, 9.17) is 0 Å². The molecule has 0 saturated heterocycles. The summed E-state index contributed by atoms with van der Waals surface area (Å²) in [5, 5.41) is 12.1. The van der Waals surface area contributed by atoms with Gasteiger partial charge in [0, 0.05) is 77.3 Å². The predicted molar refractivity (Wildman–Crippen MR) is 101 cm³/mol. The Hall–Kier alpha value is -1.37. The van der Waals surface area contributed by atoms with Crippen LogP contribution in [-0.4, -0.2) is 32.6 Å². The van der Waals surface area contributed by atoms with Gasteiger partial charge in [-0.15, -0.1) is 11.3 Å². The number of carbonyl (C=O) groups excluding carboxylic acids is 1. The zero-order chi connectivity index (χ0) is 18.8. The van der Waals surface area contributed by atoms with E-state index in [1.165, 1.54) is 24.5 Å². The molecule has 5 N–H and O–H groups in total. The number of halogens is 3. The van der Waals surface area contributed by atoms with Crippen molar-refractivity contribution in [1.82, 2.24) is 4.57 Å². The van der Waals surface area contributed by atoms with Crippen LogP contribution in [0.3, 0.4) is 0 Å². The van der Waals surface area contributed by atoms with Crippen molar-refractivity contribution in [3.63, 3.8) is 0 Å². The number of aromatic hydroxyl groups is 1. The first-order valence-corrected chi connectivity index (χ1v) is 8.31. The first kappa shape index (κ1) is 25.7. The molecule has 0 bridgehead atoms. The molecule has 29 heavy (non-hydrogen) atoms. The van der Waals surface area contributed by atoms with E-state index in [-0.39, 0.29) is 65.7 Å². The second-order valence-electron chi connectivity index (χ2n) is 5.85. The van der Waals surface area contributed by atoms with Crippen LogP contribution in [0.25, 0.3) is 31.1 Å². The molecule has 0 saturated carbocycles. The number of hydrogen-bond acceptors (Lipinski definition) is 4. The van der Waals surface area contributed by atoms with Crippen molar-refractivity contribution in [2.45, 2.75) is 6.18 Å². The van der Waals surface area contributed by atoms with Crippen LogP contribution in [0.5, 0.6) is 5.75 Å². The molecule has 0 unspecified atom stereocenters. The van der Waals surface area contributed by atoms with E-state index < -0.39 is 28.8 Å². The van der Waals surface area contributed by atoms with E-state index in [2.05, 4.69) is 0 Å². The number of aromatic nitrogens is 1. The van der Waals surface area contributed by atoms with E-state index in [1.54, 1.807) is 6.07 Å². The van der Waals surface area contributed by atoms with E-state index in [9.17, 15) is 27.9 Å². The van der Waals surface area contributed by atoms with Gasteiger partial charge in [0.2, 0.25) is 0 Å². The first-order valence-electron chi connectivity index (χ1n) is 7.49. The molecule has 6 nitrogen and oxygen atoms in total. The van der Waals surface area contributed by atoms with Crippen molar-refractivity contribution in [3.8, 4) is 5.75 Å². The summed E-state index contributed by atoms with van der Waals surface area (Å²) < 4.78 is 41.0. The fourth-order valence-electron chi connectivity index (χ4n) is 3.15. The van der Waals surface area contributed by atoms with Gasteiger partial charge in [0.05, 0.1) is 10.2 Å². The van der Waals surface area contributed by atoms with Crippen molar-refractivity contribution in [1.29, 1.82) is 0 Å². The smallest absolute Gasteiger partial charge is 0.455 e. The minimum atomic E-state index is -5.25. The van der Waals surface area contributed by atoms with Crippen molar-refractivity contribution in [2.24, 2.45) is 7.05 Å². The number of ketones is 1. The maximum atomic E-state index is 12.8. The van der Waals surface area contributed by atoms with E-state index in [1.807, 2.05) is 24.3 Å². The molecule has 0 atom stereocenters. The van der Waals surface area contributed by atoms with E-state index in [0.717, 1.165) is 20.0 Å². The summed E-state index contributed by atoms with van der Waals surface area (Å²) in [5.74, 6) is -3.29. The summed E-state index contributed by atoms with van der Waals surface area (Å²) in [6.45, 7) is 0. The molecule has 2 heterocycles. The van der Waals surface area contributed by atoms with Gasteiger partial charge in [-0.2, -0.15) is 13.2 Å². The second-order valence-corrected chi connectivity index (χ2v) is 6.90. The Balaban J connectivity index is 0.00000140. The van der Waals surface area contributed by atoms with Gasteiger partial charge >= 0.3 is 6.18 Å². The molecular formula is C18H14EuF3NO5S. The number of pyridine rings is 1. The van der Waals surface area contributed by atoms with Gasteiger partial charge in [0.15, 0.2) is 0 Å². The Morgan fingerprint density at radius 1 is 1.03 bits per heavy atom. The Labute approximate surface area is 205 Å². The monoisotopic (exact) mass is 566 g/mol. The first-order chi connectivity index (χ1) is 12.2. The summed E-state index contributed by atoms with van der Waals surface area (Å²) in [4.78, 5) is 24.0. The molecule has 1 radical (unpaired) electrons. The number of nitrogens with zero attached hydrogens (tertiary/aromatic N) is 1. The number of rotatable bonds is 1. The number of Topliss-reactive ketones (excluding diaryl/α,β-unsaturated/α-hetero) is 1. The van der Waals surface area contributed by atoms with Crippen LogP contribution in [0, 0.1) is 49.4 Å². The van der Waals surface area contributed by atoms with Crippen LogP contribution in [-0.2, 0) is 7.05 Å². The molecular weight excluding hydrogens is 551 g/mol. The average Bonchev–Trinajstić information content (AvgIpc) is 2.97. The SMILES string of the molecule is Cn1c(=O)c(C(=O)C(F)(F)F)c(O)c2ccc3c4ccccc4sc3c21.O.O.[Eu]. The summed E-state index contributed by atoms with van der Waals surface area (Å²) in [5.41, 5.74) is -2.14. The normalized spacial score (nSPS) is 11.0. The number of alkyl halides is 3. The number of carbonyl (C=O) groups is 1. The number of hydrogen-bond donors (Lipinski definition) is 1. The number of thiophene rings is 1. The molecule has 2 aromatic heterocycles. The van der Waals surface area contributed by atoms with Crippen LogP contribution in [0.2, 0.25) is 0 Å². The van der Waals surface area contributed by atoms with Gasteiger partial charge in [-0.25, -0.2) is 0 Å². The van der Waals surface area contributed by atoms with Crippen molar-refractivity contribution < 1.29 is 83.4 Å². The molecule has 0 fully saturated rings. The molecule has 0 aliphatic carbocycles. The van der Waals surface area contributed by atoms with Gasteiger partial charge in [-0.3, -0.25) is 9.59 Å². The molecule has 155 valence electrons. The zero-order valence-corrected chi connectivity index (χ0v) is 17.8. The standard InChI is InChI=1S/C18H10F3NO3S.Eu.2H2O/c1-22-13-10(14(23)12(17(22)25)16(24)18(19,20)21)7-6-9-8-4-2-3-5-11(8)26-15(9)13;;;/h2-7,23H,1H3;;2*1H2. The van der Waals surface area contributed by atoms with Crippen LogP contribution in [0.15, 0.2) is 41.2 Å². The van der Waals surface area contributed by atoms with Crippen LogP contribution >= 0.6 is 11.3 Å². The Bertz CT molecular complexity index is 1300. The maximum absolute atomic E-state index is 12.8. The Morgan fingerprint density at radius 3 is 2.24 bits per heavy atom. The molecule has 0 aliphatic rings. The fourth-order valence-corrected chi connectivity index (χ4v) is 4.44. The summed E-state index contributed by atoms with van der Waals surface area (Å²) in [7, 11) is 1.29. The largest absolute Gasteiger partial charge is 0.506 e. The van der Waals surface area contributed by atoms with E-state index in [0.29, 0.717) is 10.2 Å². The third kappa shape index (κ3) is 3.87. The summed E-state index contributed by atoms with van der Waals surface area (Å²) in [6.07, 6.45) is -5.25. The van der Waals surface area contributed by atoms with Crippen molar-refractivity contribution in [2.75, 3.05) is 0 Å². The van der Waals surface area contributed by atoms with Crippen molar-refractivity contribution in [3.05, 3.63) is 52.3 Å². The number of benzene rings is 2. The Kier molecular flexibility index (Phi) is 7.78. The van der Waals surface area contributed by atoms with Crippen molar-refractivity contribution >= 4 is 48.2 Å². The van der Waals surface area contributed by atoms with E-state index >= 15 is 0 Å². The second kappa shape index (κ2) is 8.79. The summed E-state index contributed by atoms with van der Waals surface area (Å²) >= 11 is 1.36. The average molecular weight is 565 g/mol. The fraction of sp³-hybridized carbons (Fsp3) is 0.111. The molecule has 0 aliphatic heterocycles. The third-order valence-corrected chi connectivity index (χ3v) is 5.54. The topological polar surface area (TPSA) is 122 Å². The molecule has 4 rings (SSSR count). The molecule has 11 heteroatoms. The Morgan fingerprint density at radius 2 is 1.62 bits per heavy atom. The van der Waals surface area contributed by atoms with Crippen LogP contribution < -0.4 is 5.56 Å². The zero-order valence-electron chi connectivity index (χ0n) is 14.6. The number of fused-ring (bicyclic) bond motifs is 5. The van der Waals surface area contributed by atoms with Gasteiger partial charge in [-0.05, 0) is 12.1 Å². The molecule has 0 spiro atoms. The third-order valence-electron chi connectivity index (χ3n) is 4.35. The maximum Gasteiger partial charge on any atom is 0.455 e. The van der Waals surface area contributed by atoms with Gasteiger partial charge < -0.3 is 20.6 Å². The molecule has 2 aromatic carbocycles. The van der Waals surface area contributed by atoms with Crippen LogP contribution in [0.4, 0.5) is 13.2 Å². The van der Waals surface area contributed by atoms with Gasteiger partial charge in [0.1, 0.15) is 11.3 Å². The van der Waals surface area contributed by atoms with Gasteiger partial charge in [-0.1, -0.05) is 24.3 Å². The minimum absolute atomic E-state index is 0. The minimum Gasteiger partial charge on any atom is -0.506 e. The predicted octanol–water partition coefficient (Wildman–Crippen LogP) is 2.71. The molecule has 0 amide bonds.